The molecule has 160 valence electrons. The topological polar surface area (TPSA) is 58.2 Å². The molecule has 0 aliphatic rings. The van der Waals surface area contributed by atoms with Crippen molar-refractivity contribution in [1.82, 2.24) is 0 Å². The monoisotopic (exact) mass is 492 g/mol. The van der Waals surface area contributed by atoms with E-state index in [-0.39, 0.29) is 22.1 Å². The highest BCUT2D eigenvalue weighted by Crippen LogP contribution is 2.29. The Balaban J connectivity index is 1.68. The molecule has 0 aromatic heterocycles. The summed E-state index contributed by atoms with van der Waals surface area (Å²) in [4.78, 5) is 26.1. The zero-order valence-corrected chi connectivity index (χ0v) is 19.6. The molecule has 3 rings (SSSR count). The smallest absolute Gasteiger partial charge is 0.257 e. The third kappa shape index (κ3) is 6.65. The largest absolute Gasteiger partial charge is 0.325 e. The van der Waals surface area contributed by atoms with Crippen LogP contribution < -0.4 is 10.6 Å². The van der Waals surface area contributed by atoms with Crippen LogP contribution in [-0.4, -0.2) is 17.1 Å². The Morgan fingerprint density at radius 2 is 1.55 bits per heavy atom. The highest BCUT2D eigenvalue weighted by atomic mass is 35.5. The molecule has 8 heteroatoms. The lowest BCUT2D eigenvalue weighted by atomic mass is 10.2. The van der Waals surface area contributed by atoms with Crippen LogP contribution in [0.5, 0.6) is 0 Å². The van der Waals surface area contributed by atoms with Gasteiger partial charge < -0.3 is 10.6 Å². The fourth-order valence-electron chi connectivity index (χ4n) is 2.79. The summed E-state index contributed by atoms with van der Waals surface area (Å²) in [7, 11) is 0. The number of anilines is 2. The van der Waals surface area contributed by atoms with E-state index in [9.17, 15) is 9.59 Å². The summed E-state index contributed by atoms with van der Waals surface area (Å²) in [6.07, 6.45) is 0.633. The van der Waals surface area contributed by atoms with Crippen molar-refractivity contribution in [3.05, 3.63) is 87.4 Å². The highest BCUT2D eigenvalue weighted by Gasteiger charge is 2.19. The van der Waals surface area contributed by atoms with Gasteiger partial charge in [0.1, 0.15) is 0 Å². The Bertz CT molecular complexity index is 1110. The van der Waals surface area contributed by atoms with Crippen molar-refractivity contribution < 1.29 is 9.59 Å². The Morgan fingerprint density at radius 3 is 2.23 bits per heavy atom. The van der Waals surface area contributed by atoms with Crippen molar-refractivity contribution >= 4 is 69.8 Å². The number of halogens is 3. The van der Waals surface area contributed by atoms with Crippen LogP contribution in [0.2, 0.25) is 15.1 Å². The van der Waals surface area contributed by atoms with Crippen molar-refractivity contribution in [3.63, 3.8) is 0 Å². The number of hydrogen-bond acceptors (Lipinski definition) is 3. The molecule has 0 saturated carbocycles. The number of amides is 2. The minimum absolute atomic E-state index is 0.114. The van der Waals surface area contributed by atoms with Gasteiger partial charge in [-0.25, -0.2) is 0 Å². The number of rotatable bonds is 7. The van der Waals surface area contributed by atoms with Gasteiger partial charge in [-0.1, -0.05) is 53.9 Å². The van der Waals surface area contributed by atoms with Crippen LogP contribution in [0.15, 0.2) is 71.6 Å². The summed E-state index contributed by atoms with van der Waals surface area (Å²) < 4.78 is 0. The van der Waals surface area contributed by atoms with Crippen molar-refractivity contribution in [3.8, 4) is 0 Å². The van der Waals surface area contributed by atoms with E-state index in [2.05, 4.69) is 10.6 Å². The van der Waals surface area contributed by atoms with E-state index >= 15 is 0 Å². The first-order chi connectivity index (χ1) is 14.9. The Hall–Kier alpha value is -2.18. The SMILES string of the molecule is CCC(Sc1cccc(NC(=O)c2ccc(Cl)cc2Cl)c1)C(=O)Nc1cccc(Cl)c1. The van der Waals surface area contributed by atoms with Crippen molar-refractivity contribution in [2.45, 2.75) is 23.5 Å². The summed E-state index contributed by atoms with van der Waals surface area (Å²) in [5, 5.41) is 6.71. The number of carbonyl (C=O) groups excluding carboxylic acids is 2. The van der Waals surface area contributed by atoms with E-state index < -0.39 is 0 Å². The number of hydrogen-bond donors (Lipinski definition) is 2. The van der Waals surface area contributed by atoms with Gasteiger partial charge in [-0.3, -0.25) is 9.59 Å². The standard InChI is InChI=1S/C23H19Cl3N2O2S/c1-2-21(23(30)28-16-6-3-5-14(24)11-16)31-18-8-4-7-17(13-18)27-22(29)19-10-9-15(25)12-20(19)26/h3-13,21H,2H2,1H3,(H,27,29)(H,28,30). The van der Waals surface area contributed by atoms with Gasteiger partial charge in [-0.2, -0.15) is 0 Å². The van der Waals surface area contributed by atoms with Crippen molar-refractivity contribution in [1.29, 1.82) is 0 Å². The van der Waals surface area contributed by atoms with E-state index in [1.165, 1.54) is 17.8 Å². The zero-order chi connectivity index (χ0) is 22.4. The molecule has 1 atom stereocenters. The predicted octanol–water partition coefficient (Wildman–Crippen LogP) is 7.41. The number of nitrogens with one attached hydrogen (secondary N) is 2. The lowest BCUT2D eigenvalue weighted by Gasteiger charge is -2.16. The molecule has 2 amide bonds. The minimum Gasteiger partial charge on any atom is -0.325 e. The third-order valence-corrected chi connectivity index (χ3v) is 6.44. The van der Waals surface area contributed by atoms with Crippen LogP contribution in [0.3, 0.4) is 0 Å². The lowest BCUT2D eigenvalue weighted by molar-refractivity contribution is -0.115. The molecule has 3 aromatic rings. The number of benzene rings is 3. The molecule has 2 N–H and O–H groups in total. The maximum Gasteiger partial charge on any atom is 0.257 e. The molecule has 0 fully saturated rings. The second-order valence-electron chi connectivity index (χ2n) is 6.62. The van der Waals surface area contributed by atoms with Crippen LogP contribution in [0.1, 0.15) is 23.7 Å². The summed E-state index contributed by atoms with van der Waals surface area (Å²) in [5.41, 5.74) is 1.58. The average Bonchev–Trinajstić information content (AvgIpc) is 2.72. The van der Waals surface area contributed by atoms with Crippen LogP contribution >= 0.6 is 46.6 Å². The molecule has 1 unspecified atom stereocenters. The molecular weight excluding hydrogens is 475 g/mol. The maximum atomic E-state index is 12.7. The van der Waals surface area contributed by atoms with E-state index in [4.69, 9.17) is 34.8 Å². The molecule has 0 bridgehead atoms. The van der Waals surface area contributed by atoms with Gasteiger partial charge in [0, 0.05) is 26.3 Å². The van der Waals surface area contributed by atoms with Crippen LogP contribution in [0, 0.1) is 0 Å². The first-order valence-corrected chi connectivity index (χ1v) is 11.5. The molecule has 0 radical (unpaired) electrons. The van der Waals surface area contributed by atoms with E-state index in [0.717, 1.165) is 4.90 Å². The van der Waals surface area contributed by atoms with Gasteiger partial charge in [-0.15, -0.1) is 11.8 Å². The fraction of sp³-hybridized carbons (Fsp3) is 0.130. The predicted molar refractivity (Wildman–Crippen MR) is 131 cm³/mol. The van der Waals surface area contributed by atoms with Gasteiger partial charge >= 0.3 is 0 Å². The van der Waals surface area contributed by atoms with Crippen molar-refractivity contribution in [2.75, 3.05) is 10.6 Å². The molecule has 0 heterocycles. The molecule has 0 aliphatic carbocycles. The van der Waals surface area contributed by atoms with Gasteiger partial charge in [-0.05, 0) is 61.0 Å². The quantitative estimate of drug-likeness (QED) is 0.337. The molecule has 31 heavy (non-hydrogen) atoms. The molecular formula is C23H19Cl3N2O2S. The lowest BCUT2D eigenvalue weighted by Crippen LogP contribution is -2.24. The molecule has 0 spiro atoms. The normalized spacial score (nSPS) is 11.6. The molecule has 0 saturated heterocycles. The van der Waals surface area contributed by atoms with Crippen molar-refractivity contribution in [2.24, 2.45) is 0 Å². The van der Waals surface area contributed by atoms with E-state index in [0.29, 0.717) is 33.4 Å². The molecule has 3 aromatic carbocycles. The zero-order valence-electron chi connectivity index (χ0n) is 16.5. The maximum absolute atomic E-state index is 12.7. The highest BCUT2D eigenvalue weighted by molar-refractivity contribution is 8.00. The summed E-state index contributed by atoms with van der Waals surface area (Å²) in [6, 6.07) is 19.0. The summed E-state index contributed by atoms with van der Waals surface area (Å²) in [5.74, 6) is -0.452. The molecule has 4 nitrogen and oxygen atoms in total. The molecule has 0 aliphatic heterocycles. The summed E-state index contributed by atoms with van der Waals surface area (Å²) in [6.45, 7) is 1.95. The van der Waals surface area contributed by atoms with Gasteiger partial charge in [0.25, 0.3) is 5.91 Å². The van der Waals surface area contributed by atoms with E-state index in [1.54, 1.807) is 42.5 Å². The Kier molecular flexibility index (Phi) is 8.27. The Labute approximate surface area is 200 Å². The minimum atomic E-state index is -0.338. The number of thioether (sulfide) groups is 1. The van der Waals surface area contributed by atoms with Crippen LogP contribution in [-0.2, 0) is 4.79 Å². The second-order valence-corrected chi connectivity index (χ2v) is 9.18. The van der Waals surface area contributed by atoms with E-state index in [1.807, 2.05) is 25.1 Å². The van der Waals surface area contributed by atoms with Crippen LogP contribution in [0.25, 0.3) is 0 Å². The van der Waals surface area contributed by atoms with Gasteiger partial charge in [0.15, 0.2) is 0 Å². The first kappa shape index (κ1) is 23.5. The number of carbonyl (C=O) groups is 2. The first-order valence-electron chi connectivity index (χ1n) is 9.45. The van der Waals surface area contributed by atoms with Crippen LogP contribution in [0.4, 0.5) is 11.4 Å². The second kappa shape index (κ2) is 10.9. The summed E-state index contributed by atoms with van der Waals surface area (Å²) >= 11 is 19.4. The van der Waals surface area contributed by atoms with Gasteiger partial charge in [0.05, 0.1) is 15.8 Å². The third-order valence-electron chi connectivity index (χ3n) is 4.30. The van der Waals surface area contributed by atoms with Gasteiger partial charge in [0.2, 0.25) is 5.91 Å². The Morgan fingerprint density at radius 1 is 0.871 bits per heavy atom. The average molecular weight is 494 g/mol. The fourth-order valence-corrected chi connectivity index (χ4v) is 4.49.